The van der Waals surface area contributed by atoms with Gasteiger partial charge in [0.05, 0.1) is 6.10 Å². The first-order chi connectivity index (χ1) is 12.8. The SMILES string of the molecule is C=CCc1c(O)c(OC(C)C)c2oc(-c3ccc(F)cc3)cc(=O)c2c1O. The zero-order chi connectivity index (χ0) is 19.7. The van der Waals surface area contributed by atoms with Crippen LogP contribution in [-0.2, 0) is 6.42 Å². The van der Waals surface area contributed by atoms with Crippen LogP contribution < -0.4 is 10.2 Å². The van der Waals surface area contributed by atoms with Gasteiger partial charge in [-0.1, -0.05) is 6.08 Å². The van der Waals surface area contributed by atoms with E-state index in [1.807, 2.05) is 0 Å². The maximum Gasteiger partial charge on any atom is 0.205 e. The second-order valence-electron chi connectivity index (χ2n) is 6.35. The molecule has 0 unspecified atom stereocenters. The highest BCUT2D eigenvalue weighted by Crippen LogP contribution is 2.45. The van der Waals surface area contributed by atoms with Crippen LogP contribution in [0.25, 0.3) is 22.3 Å². The number of allylic oxidation sites excluding steroid dienone is 1. The number of rotatable bonds is 5. The molecule has 1 aromatic heterocycles. The van der Waals surface area contributed by atoms with Gasteiger partial charge in [0.2, 0.25) is 5.75 Å². The molecule has 0 saturated carbocycles. The summed E-state index contributed by atoms with van der Waals surface area (Å²) in [6.07, 6.45) is 1.31. The van der Waals surface area contributed by atoms with E-state index in [-0.39, 0.29) is 52.1 Å². The Morgan fingerprint density at radius 3 is 2.48 bits per heavy atom. The van der Waals surface area contributed by atoms with Crippen molar-refractivity contribution >= 4 is 11.0 Å². The summed E-state index contributed by atoms with van der Waals surface area (Å²) in [5.41, 5.74) is 0.0281. The first-order valence-corrected chi connectivity index (χ1v) is 8.41. The fraction of sp³-hybridized carbons (Fsp3) is 0.190. The molecule has 3 aromatic rings. The van der Waals surface area contributed by atoms with Crippen LogP contribution in [0.2, 0.25) is 0 Å². The number of aromatic hydroxyl groups is 2. The first-order valence-electron chi connectivity index (χ1n) is 8.41. The van der Waals surface area contributed by atoms with Crippen molar-refractivity contribution in [3.63, 3.8) is 0 Å². The van der Waals surface area contributed by atoms with Gasteiger partial charge in [0.15, 0.2) is 16.8 Å². The van der Waals surface area contributed by atoms with Crippen LogP contribution in [0.5, 0.6) is 17.2 Å². The zero-order valence-electron chi connectivity index (χ0n) is 15.0. The molecule has 27 heavy (non-hydrogen) atoms. The molecule has 6 heteroatoms. The third kappa shape index (κ3) is 3.38. The molecule has 2 N–H and O–H groups in total. The highest BCUT2D eigenvalue weighted by Gasteiger charge is 2.24. The van der Waals surface area contributed by atoms with Gasteiger partial charge < -0.3 is 19.4 Å². The van der Waals surface area contributed by atoms with Gasteiger partial charge in [0.25, 0.3) is 0 Å². The van der Waals surface area contributed by atoms with E-state index in [9.17, 15) is 19.4 Å². The normalized spacial score (nSPS) is 11.1. The van der Waals surface area contributed by atoms with Gasteiger partial charge in [-0.2, -0.15) is 0 Å². The van der Waals surface area contributed by atoms with Crippen molar-refractivity contribution in [1.29, 1.82) is 0 Å². The Balaban J connectivity index is 2.38. The van der Waals surface area contributed by atoms with Crippen molar-refractivity contribution in [3.8, 4) is 28.6 Å². The zero-order valence-corrected chi connectivity index (χ0v) is 15.0. The number of phenols is 2. The van der Waals surface area contributed by atoms with Crippen molar-refractivity contribution in [3.05, 3.63) is 64.6 Å². The predicted molar refractivity (Wildman–Crippen MR) is 101 cm³/mol. The third-order valence-electron chi connectivity index (χ3n) is 4.01. The minimum absolute atomic E-state index is 0.0317. The lowest BCUT2D eigenvalue weighted by atomic mass is 10.0. The van der Waals surface area contributed by atoms with E-state index in [2.05, 4.69) is 6.58 Å². The minimum atomic E-state index is -0.507. The number of hydrogen-bond acceptors (Lipinski definition) is 5. The van der Waals surface area contributed by atoms with Crippen molar-refractivity contribution in [1.82, 2.24) is 0 Å². The molecule has 0 aliphatic rings. The van der Waals surface area contributed by atoms with Crippen LogP contribution in [0, 0.1) is 5.82 Å². The fourth-order valence-corrected chi connectivity index (χ4v) is 2.82. The topological polar surface area (TPSA) is 79.9 Å². The average molecular weight is 370 g/mol. The Morgan fingerprint density at radius 1 is 1.22 bits per heavy atom. The van der Waals surface area contributed by atoms with Crippen LogP contribution in [0.3, 0.4) is 0 Å². The molecule has 0 amide bonds. The van der Waals surface area contributed by atoms with E-state index >= 15 is 0 Å². The van der Waals surface area contributed by atoms with Crippen molar-refractivity contribution in [2.75, 3.05) is 0 Å². The quantitative estimate of drug-likeness (QED) is 0.645. The molecule has 0 aliphatic carbocycles. The van der Waals surface area contributed by atoms with Crippen LogP contribution >= 0.6 is 0 Å². The molecular formula is C21H19FO5. The Labute approximate surface area is 155 Å². The standard InChI is InChI=1S/C21H19FO5/c1-4-5-14-18(24)17-15(23)10-16(12-6-8-13(22)9-7-12)27-20(17)21(19(14)25)26-11(2)3/h4,6-11,24-25H,1,5H2,2-3H3. The van der Waals surface area contributed by atoms with Gasteiger partial charge >= 0.3 is 0 Å². The number of halogens is 1. The van der Waals surface area contributed by atoms with E-state index in [1.165, 1.54) is 36.4 Å². The Morgan fingerprint density at radius 2 is 1.89 bits per heavy atom. The molecule has 0 spiro atoms. The number of fused-ring (bicyclic) bond motifs is 1. The summed E-state index contributed by atoms with van der Waals surface area (Å²) >= 11 is 0. The summed E-state index contributed by atoms with van der Waals surface area (Å²) in [5, 5.41) is 21.0. The molecule has 0 saturated heterocycles. The largest absolute Gasteiger partial charge is 0.507 e. The van der Waals surface area contributed by atoms with E-state index < -0.39 is 11.2 Å². The summed E-state index contributed by atoms with van der Waals surface area (Å²) < 4.78 is 24.7. The number of benzene rings is 2. The lowest BCUT2D eigenvalue weighted by molar-refractivity contribution is 0.231. The van der Waals surface area contributed by atoms with Crippen LogP contribution in [0.4, 0.5) is 4.39 Å². The maximum atomic E-state index is 13.2. The molecule has 0 fully saturated rings. The third-order valence-corrected chi connectivity index (χ3v) is 4.01. The lowest BCUT2D eigenvalue weighted by Crippen LogP contribution is -2.09. The van der Waals surface area contributed by atoms with Crippen molar-refractivity contribution < 1.29 is 23.8 Å². The molecule has 3 rings (SSSR count). The van der Waals surface area contributed by atoms with E-state index in [1.54, 1.807) is 13.8 Å². The second kappa shape index (κ2) is 7.15. The molecule has 0 bridgehead atoms. The minimum Gasteiger partial charge on any atom is -0.507 e. The summed E-state index contributed by atoms with van der Waals surface area (Å²) in [6, 6.07) is 6.63. The summed E-state index contributed by atoms with van der Waals surface area (Å²) in [4.78, 5) is 12.7. The molecular weight excluding hydrogens is 351 g/mol. The van der Waals surface area contributed by atoms with Crippen molar-refractivity contribution in [2.24, 2.45) is 0 Å². The monoisotopic (exact) mass is 370 g/mol. The van der Waals surface area contributed by atoms with Gasteiger partial charge in [0.1, 0.15) is 22.7 Å². The van der Waals surface area contributed by atoms with Gasteiger partial charge in [-0.15, -0.1) is 6.58 Å². The van der Waals surface area contributed by atoms with Gasteiger partial charge in [0, 0.05) is 17.2 Å². The van der Waals surface area contributed by atoms with Crippen LogP contribution in [0.15, 0.2) is 52.2 Å². The first kappa shape index (κ1) is 18.5. The van der Waals surface area contributed by atoms with Gasteiger partial charge in [-0.3, -0.25) is 4.79 Å². The average Bonchev–Trinajstić information content (AvgIpc) is 2.62. The summed E-state index contributed by atoms with van der Waals surface area (Å²) in [6.45, 7) is 7.11. The van der Waals surface area contributed by atoms with E-state index in [0.717, 1.165) is 0 Å². The highest BCUT2D eigenvalue weighted by atomic mass is 19.1. The van der Waals surface area contributed by atoms with Gasteiger partial charge in [-0.05, 0) is 44.5 Å². The highest BCUT2D eigenvalue weighted by molar-refractivity contribution is 5.93. The molecule has 140 valence electrons. The van der Waals surface area contributed by atoms with E-state index in [0.29, 0.717) is 5.56 Å². The number of ether oxygens (including phenoxy) is 1. The van der Waals surface area contributed by atoms with Crippen molar-refractivity contribution in [2.45, 2.75) is 26.4 Å². The Hall–Kier alpha value is -3.28. The smallest absolute Gasteiger partial charge is 0.205 e. The molecule has 0 atom stereocenters. The van der Waals surface area contributed by atoms with E-state index in [4.69, 9.17) is 9.15 Å². The Bertz CT molecular complexity index is 1060. The predicted octanol–water partition coefficient (Wildman–Crippen LogP) is 4.53. The molecule has 2 aromatic carbocycles. The Kier molecular flexibility index (Phi) is 4.90. The number of hydrogen-bond donors (Lipinski definition) is 2. The number of phenolic OH excluding ortho intramolecular Hbond substituents is 2. The maximum absolute atomic E-state index is 13.2. The molecule has 1 heterocycles. The summed E-state index contributed by atoms with van der Waals surface area (Å²) in [5.74, 6) is -0.979. The molecule has 5 nitrogen and oxygen atoms in total. The fourth-order valence-electron chi connectivity index (χ4n) is 2.82. The molecule has 0 aliphatic heterocycles. The van der Waals surface area contributed by atoms with Crippen LogP contribution in [-0.4, -0.2) is 16.3 Å². The van der Waals surface area contributed by atoms with Gasteiger partial charge in [-0.25, -0.2) is 4.39 Å². The summed E-state index contributed by atoms with van der Waals surface area (Å²) in [7, 11) is 0. The molecule has 0 radical (unpaired) electrons. The second-order valence-corrected chi connectivity index (χ2v) is 6.35. The lowest BCUT2D eigenvalue weighted by Gasteiger charge is -2.17. The van der Waals surface area contributed by atoms with Crippen LogP contribution in [0.1, 0.15) is 19.4 Å².